The number of carbonyl (C=O) groups is 1. The molecule has 1 amide bonds. The minimum absolute atomic E-state index is 0.108. The first-order valence-corrected chi connectivity index (χ1v) is 10.4. The fourth-order valence-corrected chi connectivity index (χ4v) is 4.54. The van der Waals surface area contributed by atoms with Gasteiger partial charge in [-0.25, -0.2) is 8.42 Å². The minimum atomic E-state index is -3.15. The van der Waals surface area contributed by atoms with Gasteiger partial charge in [-0.15, -0.1) is 0 Å². The topological polar surface area (TPSA) is 54.5 Å². The summed E-state index contributed by atoms with van der Waals surface area (Å²) in [6, 6.07) is 6.94. The van der Waals surface area contributed by atoms with Gasteiger partial charge in [-0.2, -0.15) is 0 Å². The van der Waals surface area contributed by atoms with Gasteiger partial charge >= 0.3 is 0 Å². The zero-order chi connectivity index (χ0) is 17.2. The van der Waals surface area contributed by atoms with E-state index in [-0.39, 0.29) is 11.7 Å². The van der Waals surface area contributed by atoms with Crippen molar-refractivity contribution in [3.63, 3.8) is 0 Å². The van der Waals surface area contributed by atoms with Crippen molar-refractivity contribution in [1.82, 2.24) is 4.90 Å². The Balaban J connectivity index is 1.53. The maximum absolute atomic E-state index is 12.4. The number of nitrogens with zero attached hydrogens (tertiary/aromatic N) is 1. The highest BCUT2D eigenvalue weighted by molar-refractivity contribution is 7.91. The summed E-state index contributed by atoms with van der Waals surface area (Å²) in [5, 5.41) is 0. The third-order valence-corrected chi connectivity index (χ3v) is 7.01. The maximum atomic E-state index is 12.4. The maximum Gasteiger partial charge on any atom is 0.222 e. The van der Waals surface area contributed by atoms with Crippen LogP contribution in [-0.2, 0) is 21.1 Å². The van der Waals surface area contributed by atoms with E-state index in [4.69, 9.17) is 0 Å². The average molecular weight is 347 g/mol. The lowest BCUT2D eigenvalue weighted by atomic mass is 9.86. The second-order valence-electron chi connectivity index (χ2n) is 6.81. The van der Waals surface area contributed by atoms with E-state index in [0.29, 0.717) is 29.6 Å². The van der Waals surface area contributed by atoms with Crippen molar-refractivity contribution in [1.29, 1.82) is 0 Å². The van der Waals surface area contributed by atoms with E-state index in [2.05, 4.69) is 12.2 Å². The van der Waals surface area contributed by atoms with Gasteiger partial charge in [-0.1, -0.05) is 31.2 Å². The molecule has 0 radical (unpaired) electrons. The smallest absolute Gasteiger partial charge is 0.222 e. The molecule has 2 aliphatic rings. The van der Waals surface area contributed by atoms with Crippen molar-refractivity contribution in [2.45, 2.75) is 37.5 Å². The van der Waals surface area contributed by atoms with Crippen LogP contribution in [0.2, 0.25) is 0 Å². The predicted octanol–water partition coefficient (Wildman–Crippen LogP) is 2.84. The van der Waals surface area contributed by atoms with Gasteiger partial charge in [0.1, 0.15) is 0 Å². The normalized spacial score (nSPS) is 23.3. The van der Waals surface area contributed by atoms with Crippen LogP contribution in [0, 0.1) is 11.8 Å². The standard InChI is InChI=1S/C19H25NO3S/c1-2-24(22,23)18-10-7-15(8-11-18)9-12-19(21)20-13-16-5-3-4-6-17(16)14-20/h3-4,7-8,10-11,16-17H,2,5-6,9,12-14H2,1H3/t16-,17-/m1/s1. The second-order valence-corrected chi connectivity index (χ2v) is 9.09. The molecule has 1 aliphatic heterocycles. The number of rotatable bonds is 5. The number of amides is 1. The number of likely N-dealkylation sites (tertiary alicyclic amines) is 1. The van der Waals surface area contributed by atoms with Crippen molar-refractivity contribution in [3.05, 3.63) is 42.0 Å². The van der Waals surface area contributed by atoms with Crippen LogP contribution in [0.3, 0.4) is 0 Å². The molecule has 24 heavy (non-hydrogen) atoms. The molecule has 0 N–H and O–H groups in total. The molecule has 0 spiro atoms. The van der Waals surface area contributed by atoms with Crippen LogP contribution in [0.4, 0.5) is 0 Å². The van der Waals surface area contributed by atoms with E-state index < -0.39 is 9.84 Å². The van der Waals surface area contributed by atoms with E-state index >= 15 is 0 Å². The van der Waals surface area contributed by atoms with E-state index in [1.807, 2.05) is 17.0 Å². The van der Waals surface area contributed by atoms with Gasteiger partial charge in [0.25, 0.3) is 0 Å². The summed E-state index contributed by atoms with van der Waals surface area (Å²) >= 11 is 0. The zero-order valence-corrected chi connectivity index (χ0v) is 15.0. The van der Waals surface area contributed by atoms with Gasteiger partial charge < -0.3 is 4.90 Å². The third kappa shape index (κ3) is 3.72. The van der Waals surface area contributed by atoms with Crippen LogP contribution in [0.1, 0.15) is 31.7 Å². The summed E-state index contributed by atoms with van der Waals surface area (Å²) < 4.78 is 23.6. The number of aryl methyl sites for hydroxylation is 1. The molecule has 1 saturated heterocycles. The Hall–Kier alpha value is -1.62. The fourth-order valence-electron chi connectivity index (χ4n) is 3.66. The molecular weight excluding hydrogens is 322 g/mol. The van der Waals surface area contributed by atoms with E-state index in [1.54, 1.807) is 19.1 Å². The van der Waals surface area contributed by atoms with Crippen LogP contribution in [0.15, 0.2) is 41.3 Å². The monoisotopic (exact) mass is 347 g/mol. The Morgan fingerprint density at radius 2 is 1.67 bits per heavy atom. The number of hydrogen-bond acceptors (Lipinski definition) is 3. The molecule has 1 aliphatic carbocycles. The Kier molecular flexibility index (Phi) is 5.09. The number of allylic oxidation sites excluding steroid dienone is 2. The molecule has 2 atom stereocenters. The number of fused-ring (bicyclic) bond motifs is 1. The molecule has 0 bridgehead atoms. The summed E-state index contributed by atoms with van der Waals surface area (Å²) in [6.45, 7) is 3.42. The van der Waals surface area contributed by atoms with E-state index in [9.17, 15) is 13.2 Å². The molecular formula is C19H25NO3S. The van der Waals surface area contributed by atoms with Crippen molar-refractivity contribution >= 4 is 15.7 Å². The lowest BCUT2D eigenvalue weighted by molar-refractivity contribution is -0.130. The lowest BCUT2D eigenvalue weighted by Crippen LogP contribution is -2.29. The van der Waals surface area contributed by atoms with Gasteiger partial charge in [0.05, 0.1) is 10.6 Å². The number of hydrogen-bond donors (Lipinski definition) is 0. The van der Waals surface area contributed by atoms with Crippen LogP contribution >= 0.6 is 0 Å². The average Bonchev–Trinajstić information content (AvgIpc) is 3.04. The molecule has 4 nitrogen and oxygen atoms in total. The Labute approximate surface area is 144 Å². The molecule has 5 heteroatoms. The molecule has 0 unspecified atom stereocenters. The molecule has 3 rings (SSSR count). The molecule has 1 aromatic carbocycles. The number of sulfone groups is 1. The summed E-state index contributed by atoms with van der Waals surface area (Å²) in [6.07, 6.45) is 7.83. The Morgan fingerprint density at radius 1 is 1.08 bits per heavy atom. The van der Waals surface area contributed by atoms with Crippen LogP contribution in [0.5, 0.6) is 0 Å². The molecule has 1 aromatic rings. The van der Waals surface area contributed by atoms with Crippen molar-refractivity contribution < 1.29 is 13.2 Å². The van der Waals surface area contributed by atoms with Gasteiger partial charge in [0.15, 0.2) is 9.84 Å². The SMILES string of the molecule is CCS(=O)(=O)c1ccc(CCC(=O)N2C[C@H]3CC=CC[C@@H]3C2)cc1. The van der Waals surface area contributed by atoms with Gasteiger partial charge in [-0.3, -0.25) is 4.79 Å². The highest BCUT2D eigenvalue weighted by atomic mass is 32.2. The van der Waals surface area contributed by atoms with Crippen LogP contribution in [-0.4, -0.2) is 38.1 Å². The van der Waals surface area contributed by atoms with E-state index in [0.717, 1.165) is 31.5 Å². The quantitative estimate of drug-likeness (QED) is 0.770. The molecule has 0 aromatic heterocycles. The fraction of sp³-hybridized carbons (Fsp3) is 0.526. The molecule has 1 fully saturated rings. The minimum Gasteiger partial charge on any atom is -0.342 e. The van der Waals surface area contributed by atoms with Gasteiger partial charge in [0, 0.05) is 19.5 Å². The van der Waals surface area contributed by atoms with E-state index in [1.165, 1.54) is 0 Å². The molecule has 1 heterocycles. The van der Waals surface area contributed by atoms with Gasteiger partial charge in [-0.05, 0) is 48.8 Å². The first-order chi connectivity index (χ1) is 11.5. The summed E-state index contributed by atoms with van der Waals surface area (Å²) in [5.74, 6) is 1.60. The number of carbonyl (C=O) groups excluding carboxylic acids is 1. The van der Waals surface area contributed by atoms with Crippen LogP contribution < -0.4 is 0 Å². The summed E-state index contributed by atoms with van der Waals surface area (Å²) in [4.78, 5) is 14.8. The summed E-state index contributed by atoms with van der Waals surface area (Å²) in [7, 11) is -3.15. The first kappa shape index (κ1) is 17.2. The Morgan fingerprint density at radius 3 is 2.21 bits per heavy atom. The van der Waals surface area contributed by atoms with Crippen LogP contribution in [0.25, 0.3) is 0 Å². The van der Waals surface area contributed by atoms with Crippen molar-refractivity contribution in [3.8, 4) is 0 Å². The van der Waals surface area contributed by atoms with Gasteiger partial charge in [0.2, 0.25) is 5.91 Å². The molecule has 130 valence electrons. The Bertz CT molecular complexity index is 705. The highest BCUT2D eigenvalue weighted by Crippen LogP contribution is 2.33. The lowest BCUT2D eigenvalue weighted by Gasteiger charge is -2.17. The predicted molar refractivity (Wildman–Crippen MR) is 94.4 cm³/mol. The summed E-state index contributed by atoms with van der Waals surface area (Å²) in [5.41, 5.74) is 1.01. The number of benzene rings is 1. The first-order valence-electron chi connectivity index (χ1n) is 8.74. The van der Waals surface area contributed by atoms with Crippen molar-refractivity contribution in [2.24, 2.45) is 11.8 Å². The largest absolute Gasteiger partial charge is 0.342 e. The second kappa shape index (κ2) is 7.09. The molecule has 0 saturated carbocycles. The third-order valence-electron chi connectivity index (χ3n) is 5.26. The zero-order valence-electron chi connectivity index (χ0n) is 14.1. The van der Waals surface area contributed by atoms with Crippen molar-refractivity contribution in [2.75, 3.05) is 18.8 Å². The highest BCUT2D eigenvalue weighted by Gasteiger charge is 2.34.